The normalized spacial score (nSPS) is 10.2. The lowest BCUT2D eigenvalue weighted by atomic mass is 10.1. The number of aromatic carboxylic acids is 1. The van der Waals surface area contributed by atoms with Crippen molar-refractivity contribution in [2.45, 2.75) is 12.8 Å². The van der Waals surface area contributed by atoms with Crippen LogP contribution in [0.25, 0.3) is 0 Å². The maximum atomic E-state index is 10.6. The summed E-state index contributed by atoms with van der Waals surface area (Å²) in [6.07, 6.45) is 3.93. The monoisotopic (exact) mass is 274 g/mol. The van der Waals surface area contributed by atoms with E-state index in [1.165, 1.54) is 12.4 Å². The molecule has 2 rings (SSSR count). The lowest BCUT2D eigenvalue weighted by Gasteiger charge is -2.04. The van der Waals surface area contributed by atoms with Crippen molar-refractivity contribution in [2.75, 3.05) is 6.61 Å². The van der Waals surface area contributed by atoms with E-state index in [4.69, 9.17) is 9.84 Å². The van der Waals surface area contributed by atoms with Crippen molar-refractivity contribution in [3.63, 3.8) is 0 Å². The molecule has 0 aliphatic heterocycles. The number of carboxylic acid groups (broad SMARTS) is 1. The predicted octanol–water partition coefficient (Wildman–Crippen LogP) is 1.89. The van der Waals surface area contributed by atoms with Gasteiger partial charge in [0.2, 0.25) is 0 Å². The number of nitrogens with zero attached hydrogens (tertiary/aromatic N) is 2. The van der Waals surface area contributed by atoms with E-state index in [0.29, 0.717) is 6.61 Å². The quantitative estimate of drug-likeness (QED) is 0.781. The molecular weight excluding hydrogens is 260 g/mol. The van der Waals surface area contributed by atoms with Gasteiger partial charge in [-0.15, -0.1) is 0 Å². The van der Waals surface area contributed by atoms with Gasteiger partial charge in [0.15, 0.2) is 0 Å². The molecule has 6 heteroatoms. The maximum absolute atomic E-state index is 10.6. The molecule has 6 nitrogen and oxygen atoms in total. The largest absolute Gasteiger partial charge is 0.508 e. The van der Waals surface area contributed by atoms with Gasteiger partial charge in [-0.25, -0.2) is 14.8 Å². The molecule has 104 valence electrons. The van der Waals surface area contributed by atoms with Crippen LogP contribution in [-0.4, -0.2) is 32.8 Å². The molecule has 1 aromatic carbocycles. The molecule has 20 heavy (non-hydrogen) atoms. The first kappa shape index (κ1) is 13.8. The number of hydrogen-bond donors (Lipinski definition) is 2. The molecule has 0 saturated carbocycles. The Hall–Kier alpha value is -2.63. The van der Waals surface area contributed by atoms with Gasteiger partial charge in [0.25, 0.3) is 0 Å². The molecule has 0 bridgehead atoms. The molecule has 0 radical (unpaired) electrons. The third-order valence-electron chi connectivity index (χ3n) is 2.63. The van der Waals surface area contributed by atoms with Gasteiger partial charge in [0, 0.05) is 12.4 Å². The summed E-state index contributed by atoms with van der Waals surface area (Å²) in [4.78, 5) is 18.2. The zero-order chi connectivity index (χ0) is 14.4. The second kappa shape index (κ2) is 6.51. The third kappa shape index (κ3) is 3.94. The van der Waals surface area contributed by atoms with Gasteiger partial charge in [0.1, 0.15) is 5.75 Å². The van der Waals surface area contributed by atoms with Crippen LogP contribution in [0, 0.1) is 0 Å². The molecular formula is C14H14N2O4. The fraction of sp³-hybridized carbons (Fsp3) is 0.214. The number of hydrogen-bond acceptors (Lipinski definition) is 5. The summed E-state index contributed by atoms with van der Waals surface area (Å²) in [5.74, 6) is -0.823. The van der Waals surface area contributed by atoms with E-state index < -0.39 is 5.97 Å². The van der Waals surface area contributed by atoms with Crippen LogP contribution in [0.1, 0.15) is 22.3 Å². The maximum Gasteiger partial charge on any atom is 0.338 e. The molecule has 2 N–H and O–H groups in total. The van der Waals surface area contributed by atoms with Crippen LogP contribution in [-0.2, 0) is 6.42 Å². The number of rotatable bonds is 6. The molecule has 0 aliphatic carbocycles. The van der Waals surface area contributed by atoms with Gasteiger partial charge < -0.3 is 14.9 Å². The average Bonchev–Trinajstić information content (AvgIpc) is 2.44. The van der Waals surface area contributed by atoms with Crippen LogP contribution < -0.4 is 4.74 Å². The number of benzene rings is 1. The highest BCUT2D eigenvalue weighted by molar-refractivity contribution is 5.86. The molecule has 0 aliphatic rings. The summed E-state index contributed by atoms with van der Waals surface area (Å²) in [5.41, 5.74) is 1.05. The Bertz CT molecular complexity index is 584. The molecule has 0 unspecified atom stereocenters. The van der Waals surface area contributed by atoms with E-state index in [-0.39, 0.29) is 17.3 Å². The second-order valence-electron chi connectivity index (χ2n) is 4.18. The van der Waals surface area contributed by atoms with Crippen molar-refractivity contribution in [2.24, 2.45) is 0 Å². The lowest BCUT2D eigenvalue weighted by Crippen LogP contribution is -2.04. The third-order valence-corrected chi connectivity index (χ3v) is 2.63. The lowest BCUT2D eigenvalue weighted by molar-refractivity contribution is 0.0695. The van der Waals surface area contributed by atoms with E-state index in [1.807, 2.05) is 6.07 Å². The molecule has 0 spiro atoms. The van der Waals surface area contributed by atoms with Crippen molar-refractivity contribution < 1.29 is 19.7 Å². The van der Waals surface area contributed by atoms with Gasteiger partial charge in [-0.2, -0.15) is 0 Å². The summed E-state index contributed by atoms with van der Waals surface area (Å²) in [7, 11) is 0. The Morgan fingerprint density at radius 3 is 2.65 bits per heavy atom. The average molecular weight is 274 g/mol. The van der Waals surface area contributed by atoms with E-state index in [0.717, 1.165) is 18.4 Å². The van der Waals surface area contributed by atoms with Crippen LogP contribution in [0.4, 0.5) is 0 Å². The van der Waals surface area contributed by atoms with Crippen molar-refractivity contribution in [1.29, 1.82) is 0 Å². The zero-order valence-electron chi connectivity index (χ0n) is 10.7. The van der Waals surface area contributed by atoms with Crippen molar-refractivity contribution in [3.8, 4) is 11.8 Å². The van der Waals surface area contributed by atoms with E-state index in [9.17, 15) is 9.90 Å². The van der Waals surface area contributed by atoms with Crippen molar-refractivity contribution >= 4 is 5.97 Å². The van der Waals surface area contributed by atoms with Gasteiger partial charge in [-0.05, 0) is 30.5 Å². The van der Waals surface area contributed by atoms with Crippen LogP contribution >= 0.6 is 0 Å². The van der Waals surface area contributed by atoms with Gasteiger partial charge >= 0.3 is 12.0 Å². The number of aromatic hydroxyl groups is 1. The van der Waals surface area contributed by atoms with Crippen molar-refractivity contribution in [1.82, 2.24) is 9.97 Å². The van der Waals surface area contributed by atoms with Gasteiger partial charge in [-0.3, -0.25) is 0 Å². The fourth-order valence-electron chi connectivity index (χ4n) is 1.65. The number of phenols is 1. The molecule has 0 saturated heterocycles. The Balaban J connectivity index is 1.77. The van der Waals surface area contributed by atoms with Crippen LogP contribution in [0.2, 0.25) is 0 Å². The van der Waals surface area contributed by atoms with E-state index in [1.54, 1.807) is 18.2 Å². The Morgan fingerprint density at radius 2 is 2.00 bits per heavy atom. The Kier molecular flexibility index (Phi) is 4.49. The topological polar surface area (TPSA) is 92.5 Å². The van der Waals surface area contributed by atoms with E-state index >= 15 is 0 Å². The number of aromatic nitrogens is 2. The molecule has 0 fully saturated rings. The van der Waals surface area contributed by atoms with Crippen LogP contribution in [0.5, 0.6) is 11.8 Å². The number of carbonyl (C=O) groups is 1. The first-order valence-electron chi connectivity index (χ1n) is 6.11. The summed E-state index contributed by atoms with van der Waals surface area (Å²) in [6.45, 7) is 0.419. The van der Waals surface area contributed by atoms with Crippen molar-refractivity contribution in [3.05, 3.63) is 47.8 Å². The zero-order valence-corrected chi connectivity index (χ0v) is 10.7. The summed E-state index contributed by atoms with van der Waals surface area (Å²) in [6, 6.07) is 7.21. The molecule has 0 amide bonds. The Labute approximate surface area is 115 Å². The number of carboxylic acids is 1. The molecule has 1 heterocycles. The standard InChI is InChI=1S/C14H14N2O4/c17-12-5-1-3-10(7-12)4-2-6-20-14-15-8-11(9-16-14)13(18)19/h1,3,5,7-9,17H,2,4,6H2,(H,18,19). The molecule has 2 aromatic rings. The number of ether oxygens (including phenoxy) is 1. The highest BCUT2D eigenvalue weighted by atomic mass is 16.5. The predicted molar refractivity (Wildman–Crippen MR) is 70.9 cm³/mol. The van der Waals surface area contributed by atoms with Crippen LogP contribution in [0.3, 0.4) is 0 Å². The first-order chi connectivity index (χ1) is 9.65. The van der Waals surface area contributed by atoms with Gasteiger partial charge in [-0.1, -0.05) is 12.1 Å². The minimum absolute atomic E-state index is 0.0251. The Morgan fingerprint density at radius 1 is 1.25 bits per heavy atom. The molecule has 0 atom stereocenters. The SMILES string of the molecule is O=C(O)c1cnc(OCCCc2cccc(O)c2)nc1. The van der Waals surface area contributed by atoms with Crippen LogP contribution in [0.15, 0.2) is 36.7 Å². The second-order valence-corrected chi connectivity index (χ2v) is 4.18. The summed E-state index contributed by atoms with van der Waals surface area (Å²) < 4.78 is 5.32. The summed E-state index contributed by atoms with van der Waals surface area (Å²) in [5, 5.41) is 18.0. The minimum atomic E-state index is -1.07. The first-order valence-corrected chi connectivity index (χ1v) is 6.11. The smallest absolute Gasteiger partial charge is 0.338 e. The van der Waals surface area contributed by atoms with Gasteiger partial charge in [0.05, 0.1) is 12.2 Å². The van der Waals surface area contributed by atoms with E-state index in [2.05, 4.69) is 9.97 Å². The summed E-state index contributed by atoms with van der Waals surface area (Å²) >= 11 is 0. The highest BCUT2D eigenvalue weighted by Gasteiger charge is 2.04. The minimum Gasteiger partial charge on any atom is -0.508 e. The molecule has 1 aromatic heterocycles. The number of aryl methyl sites for hydroxylation is 1. The number of phenolic OH excluding ortho intramolecular Hbond substituents is 1. The fourth-order valence-corrected chi connectivity index (χ4v) is 1.65. The highest BCUT2D eigenvalue weighted by Crippen LogP contribution is 2.12.